The Labute approximate surface area is 127 Å². The zero-order valence-corrected chi connectivity index (χ0v) is 12.1. The number of rotatable bonds is 6. The predicted molar refractivity (Wildman–Crippen MR) is 71.5 cm³/mol. The third-order valence-electron chi connectivity index (χ3n) is 2.22. The molecule has 0 unspecified atom stereocenters. The van der Waals surface area contributed by atoms with Crippen molar-refractivity contribution < 1.29 is 17.9 Å². The Bertz CT molecular complexity index is 576. The van der Waals surface area contributed by atoms with E-state index in [-0.39, 0.29) is 5.16 Å². The first-order chi connectivity index (χ1) is 9.94. The van der Waals surface area contributed by atoms with Crippen LogP contribution in [0.5, 0.6) is 5.75 Å². The average molecular weight is 339 g/mol. The van der Waals surface area contributed by atoms with Gasteiger partial charge in [0.15, 0.2) is 0 Å². The Kier molecular flexibility index (Phi) is 5.29. The second-order valence-corrected chi connectivity index (χ2v) is 5.38. The van der Waals surface area contributed by atoms with Crippen LogP contribution in [-0.2, 0) is 6.54 Å². The number of aromatic nitrogens is 4. The van der Waals surface area contributed by atoms with Gasteiger partial charge in [-0.05, 0) is 34.7 Å². The molecular formula is C11H10ClF3N4OS. The number of ether oxygens (including phenoxy) is 1. The standard InChI is InChI=1S/C11H10ClF3N4OS/c12-8-1-3-9(4-2-8)20-5-6-21-10-16-17-18-19(10)7-11(13,14)15/h1-4H,5-7H2. The van der Waals surface area contributed by atoms with E-state index >= 15 is 0 Å². The highest BCUT2D eigenvalue weighted by Gasteiger charge is 2.30. The number of tetrazole rings is 1. The van der Waals surface area contributed by atoms with Gasteiger partial charge in [0, 0.05) is 10.8 Å². The average Bonchev–Trinajstić information content (AvgIpc) is 2.82. The van der Waals surface area contributed by atoms with E-state index in [1.54, 1.807) is 24.3 Å². The summed E-state index contributed by atoms with van der Waals surface area (Å²) in [5.41, 5.74) is 0. The summed E-state index contributed by atoms with van der Waals surface area (Å²) in [4.78, 5) is 0. The van der Waals surface area contributed by atoms with E-state index in [0.29, 0.717) is 27.8 Å². The number of halogens is 4. The van der Waals surface area contributed by atoms with Crippen LogP contribution in [0.15, 0.2) is 29.4 Å². The number of hydrogen-bond acceptors (Lipinski definition) is 5. The number of thioether (sulfide) groups is 1. The molecule has 5 nitrogen and oxygen atoms in total. The zero-order valence-electron chi connectivity index (χ0n) is 10.5. The summed E-state index contributed by atoms with van der Waals surface area (Å²) in [6.45, 7) is -0.897. The minimum absolute atomic E-state index is 0.104. The van der Waals surface area contributed by atoms with Crippen LogP contribution in [-0.4, -0.2) is 38.7 Å². The van der Waals surface area contributed by atoms with Crippen molar-refractivity contribution in [2.75, 3.05) is 12.4 Å². The van der Waals surface area contributed by atoms with Crippen LogP contribution >= 0.6 is 23.4 Å². The summed E-state index contributed by atoms with van der Waals surface area (Å²) in [6.07, 6.45) is -4.36. The second-order valence-electron chi connectivity index (χ2n) is 3.89. The third-order valence-corrected chi connectivity index (χ3v) is 3.40. The lowest BCUT2D eigenvalue weighted by Gasteiger charge is -2.08. The van der Waals surface area contributed by atoms with Gasteiger partial charge in [0.25, 0.3) is 0 Å². The highest BCUT2D eigenvalue weighted by molar-refractivity contribution is 7.99. The van der Waals surface area contributed by atoms with Crippen molar-refractivity contribution in [3.63, 3.8) is 0 Å². The lowest BCUT2D eigenvalue weighted by atomic mass is 10.3. The molecule has 2 aromatic rings. The monoisotopic (exact) mass is 338 g/mol. The summed E-state index contributed by atoms with van der Waals surface area (Å²) < 4.78 is 43.0. The van der Waals surface area contributed by atoms with E-state index in [9.17, 15) is 13.2 Å². The molecule has 0 fully saturated rings. The minimum Gasteiger partial charge on any atom is -0.493 e. The van der Waals surface area contributed by atoms with Crippen molar-refractivity contribution in [3.05, 3.63) is 29.3 Å². The molecule has 0 aliphatic heterocycles. The molecule has 114 valence electrons. The van der Waals surface area contributed by atoms with Gasteiger partial charge in [0.2, 0.25) is 5.16 Å². The summed E-state index contributed by atoms with van der Waals surface area (Å²) >= 11 is 6.83. The molecule has 0 aliphatic carbocycles. The van der Waals surface area contributed by atoms with Crippen LogP contribution in [0.25, 0.3) is 0 Å². The number of alkyl halides is 3. The SMILES string of the molecule is FC(F)(F)Cn1nnnc1SCCOc1ccc(Cl)cc1. The molecule has 1 heterocycles. The first kappa shape index (κ1) is 15.9. The number of hydrogen-bond donors (Lipinski definition) is 0. The first-order valence-electron chi connectivity index (χ1n) is 5.78. The number of benzene rings is 1. The fraction of sp³-hybridized carbons (Fsp3) is 0.364. The summed E-state index contributed by atoms with van der Waals surface area (Å²) in [5, 5.41) is 10.8. The first-order valence-corrected chi connectivity index (χ1v) is 7.14. The van der Waals surface area contributed by atoms with Gasteiger partial charge >= 0.3 is 6.18 Å². The van der Waals surface area contributed by atoms with Gasteiger partial charge in [-0.15, -0.1) is 5.10 Å². The molecule has 0 aliphatic rings. The molecule has 0 amide bonds. The van der Waals surface area contributed by atoms with Gasteiger partial charge in [-0.2, -0.15) is 13.2 Å². The Morgan fingerprint density at radius 1 is 1.24 bits per heavy atom. The van der Waals surface area contributed by atoms with Crippen molar-refractivity contribution in [2.45, 2.75) is 17.9 Å². The van der Waals surface area contributed by atoms with Crippen molar-refractivity contribution >= 4 is 23.4 Å². The molecule has 0 radical (unpaired) electrons. The Balaban J connectivity index is 1.79. The molecule has 0 atom stereocenters. The molecule has 0 saturated heterocycles. The quantitative estimate of drug-likeness (QED) is 0.598. The lowest BCUT2D eigenvalue weighted by molar-refractivity contribution is -0.144. The topological polar surface area (TPSA) is 52.8 Å². The van der Waals surface area contributed by atoms with Crippen molar-refractivity contribution in [2.24, 2.45) is 0 Å². The normalized spacial score (nSPS) is 11.6. The van der Waals surface area contributed by atoms with E-state index in [0.717, 1.165) is 11.8 Å². The molecule has 0 bridgehead atoms. The Morgan fingerprint density at radius 2 is 1.95 bits per heavy atom. The summed E-state index contributed by atoms with van der Waals surface area (Å²) in [5.74, 6) is 1.05. The minimum atomic E-state index is -4.36. The van der Waals surface area contributed by atoms with Crippen LogP contribution in [0.1, 0.15) is 0 Å². The molecule has 21 heavy (non-hydrogen) atoms. The van der Waals surface area contributed by atoms with Gasteiger partial charge in [0.1, 0.15) is 12.3 Å². The van der Waals surface area contributed by atoms with Gasteiger partial charge < -0.3 is 4.74 Å². The van der Waals surface area contributed by atoms with E-state index in [4.69, 9.17) is 16.3 Å². The lowest BCUT2D eigenvalue weighted by Crippen LogP contribution is -2.19. The van der Waals surface area contributed by atoms with Gasteiger partial charge in [-0.25, -0.2) is 4.68 Å². The summed E-state index contributed by atoms with van der Waals surface area (Å²) in [6, 6.07) is 6.79. The van der Waals surface area contributed by atoms with Crippen molar-refractivity contribution in [1.82, 2.24) is 20.2 Å². The Morgan fingerprint density at radius 3 is 2.62 bits per heavy atom. The van der Waals surface area contributed by atoms with Crippen molar-refractivity contribution in [3.8, 4) is 5.75 Å². The molecule has 10 heteroatoms. The van der Waals surface area contributed by atoms with Crippen LogP contribution in [0.3, 0.4) is 0 Å². The van der Waals surface area contributed by atoms with E-state index < -0.39 is 12.7 Å². The maximum absolute atomic E-state index is 12.3. The predicted octanol–water partition coefficient (Wildman–Crippen LogP) is 3.06. The zero-order chi connectivity index (χ0) is 15.3. The largest absolute Gasteiger partial charge is 0.493 e. The summed E-state index contributed by atoms with van der Waals surface area (Å²) in [7, 11) is 0. The van der Waals surface area contributed by atoms with Gasteiger partial charge in [-0.3, -0.25) is 0 Å². The smallest absolute Gasteiger partial charge is 0.408 e. The molecule has 0 N–H and O–H groups in total. The molecule has 1 aromatic carbocycles. The highest BCUT2D eigenvalue weighted by Crippen LogP contribution is 2.21. The van der Waals surface area contributed by atoms with Gasteiger partial charge in [0.05, 0.1) is 6.61 Å². The van der Waals surface area contributed by atoms with Crippen LogP contribution < -0.4 is 4.74 Å². The fourth-order valence-corrected chi connectivity index (χ4v) is 2.21. The molecule has 2 rings (SSSR count). The van der Waals surface area contributed by atoms with E-state index in [2.05, 4.69) is 15.5 Å². The molecule has 0 spiro atoms. The van der Waals surface area contributed by atoms with E-state index in [1.165, 1.54) is 0 Å². The van der Waals surface area contributed by atoms with Crippen LogP contribution in [0, 0.1) is 0 Å². The fourth-order valence-electron chi connectivity index (χ4n) is 1.39. The Hall–Kier alpha value is -1.48. The van der Waals surface area contributed by atoms with E-state index in [1.807, 2.05) is 0 Å². The van der Waals surface area contributed by atoms with Crippen LogP contribution in [0.2, 0.25) is 5.02 Å². The highest BCUT2D eigenvalue weighted by atomic mass is 35.5. The maximum Gasteiger partial charge on any atom is 0.408 e. The van der Waals surface area contributed by atoms with Crippen LogP contribution in [0.4, 0.5) is 13.2 Å². The molecular weight excluding hydrogens is 329 g/mol. The van der Waals surface area contributed by atoms with Gasteiger partial charge in [-0.1, -0.05) is 23.4 Å². The molecule has 1 aromatic heterocycles. The molecule has 0 saturated carbocycles. The third kappa shape index (κ3) is 5.43. The maximum atomic E-state index is 12.3. The number of nitrogens with zero attached hydrogens (tertiary/aromatic N) is 4. The van der Waals surface area contributed by atoms with Crippen molar-refractivity contribution in [1.29, 1.82) is 0 Å². The second kappa shape index (κ2) is 6.99.